The first-order valence-electron chi connectivity index (χ1n) is 10.1. The Morgan fingerprint density at radius 3 is 2.22 bits per heavy atom. The molecule has 2 rings (SSSR count). The standard InChI is InChI=1S/C22H39N3OS/c1-10-17(19-24(8)20(27)23-25(19)9)26-18-13-12-15(22(6,7)11-2)14-16(18)21(3,4)5/h12-14,17,19-20,23,27H,10-11H2,1-9H3. The lowest BCUT2D eigenvalue weighted by Gasteiger charge is -2.34. The molecule has 0 radical (unpaired) electrons. The third-order valence-electron chi connectivity index (χ3n) is 5.99. The summed E-state index contributed by atoms with van der Waals surface area (Å²) >= 11 is 4.61. The van der Waals surface area contributed by atoms with Gasteiger partial charge in [-0.05, 0) is 47.9 Å². The number of hydrogen-bond donors (Lipinski definition) is 2. The van der Waals surface area contributed by atoms with Gasteiger partial charge in [0.1, 0.15) is 23.5 Å². The van der Waals surface area contributed by atoms with Gasteiger partial charge in [0.2, 0.25) is 0 Å². The summed E-state index contributed by atoms with van der Waals surface area (Å²) in [6.45, 7) is 15.8. The van der Waals surface area contributed by atoms with Crippen LogP contribution in [0.25, 0.3) is 0 Å². The Labute approximate surface area is 172 Å². The number of rotatable bonds is 6. The molecular formula is C22H39N3OS. The zero-order chi connectivity index (χ0) is 20.6. The Balaban J connectivity index is 2.39. The van der Waals surface area contributed by atoms with Crippen LogP contribution in [-0.4, -0.2) is 41.8 Å². The Bertz CT molecular complexity index is 641. The second-order valence-corrected chi connectivity index (χ2v) is 9.94. The molecule has 0 spiro atoms. The van der Waals surface area contributed by atoms with Crippen LogP contribution in [0.1, 0.15) is 72.4 Å². The molecule has 4 nitrogen and oxygen atoms in total. The highest BCUT2D eigenvalue weighted by molar-refractivity contribution is 7.80. The molecule has 3 atom stereocenters. The third-order valence-corrected chi connectivity index (χ3v) is 6.46. The van der Waals surface area contributed by atoms with Crippen LogP contribution in [0.4, 0.5) is 0 Å². The minimum absolute atomic E-state index is 0.00691. The van der Waals surface area contributed by atoms with Crippen LogP contribution in [0.5, 0.6) is 5.75 Å². The van der Waals surface area contributed by atoms with Crippen molar-refractivity contribution in [3.8, 4) is 5.75 Å². The summed E-state index contributed by atoms with van der Waals surface area (Å²) in [6, 6.07) is 6.77. The lowest BCUT2D eigenvalue weighted by Crippen LogP contribution is -2.48. The van der Waals surface area contributed by atoms with E-state index in [9.17, 15) is 0 Å². The highest BCUT2D eigenvalue weighted by Crippen LogP contribution is 2.38. The highest BCUT2D eigenvalue weighted by atomic mass is 32.1. The van der Waals surface area contributed by atoms with E-state index in [1.54, 1.807) is 0 Å². The summed E-state index contributed by atoms with van der Waals surface area (Å²) in [5, 5.41) is 2.11. The first-order chi connectivity index (χ1) is 12.4. The van der Waals surface area contributed by atoms with Gasteiger partial charge in [-0.2, -0.15) is 0 Å². The Morgan fingerprint density at radius 2 is 1.78 bits per heavy atom. The smallest absolute Gasteiger partial charge is 0.128 e. The van der Waals surface area contributed by atoms with Crippen LogP contribution in [-0.2, 0) is 10.8 Å². The molecule has 1 saturated heterocycles. The van der Waals surface area contributed by atoms with Gasteiger partial charge in [-0.15, -0.1) is 12.6 Å². The Hall–Kier alpha value is -0.750. The number of hydrazine groups is 1. The molecule has 0 aromatic heterocycles. The van der Waals surface area contributed by atoms with Gasteiger partial charge in [0, 0.05) is 7.05 Å². The predicted molar refractivity (Wildman–Crippen MR) is 118 cm³/mol. The molecule has 0 aliphatic carbocycles. The van der Waals surface area contributed by atoms with Crippen LogP contribution in [0.15, 0.2) is 18.2 Å². The molecular weight excluding hydrogens is 354 g/mol. The van der Waals surface area contributed by atoms with Crippen molar-refractivity contribution in [2.45, 2.75) is 89.9 Å². The van der Waals surface area contributed by atoms with Crippen molar-refractivity contribution >= 4 is 12.6 Å². The van der Waals surface area contributed by atoms with Crippen molar-refractivity contribution in [1.29, 1.82) is 0 Å². The maximum atomic E-state index is 6.64. The third kappa shape index (κ3) is 4.81. The fraction of sp³-hybridized carbons (Fsp3) is 0.727. The van der Waals surface area contributed by atoms with E-state index in [4.69, 9.17) is 4.74 Å². The van der Waals surface area contributed by atoms with E-state index in [0.717, 1.165) is 18.6 Å². The fourth-order valence-electron chi connectivity index (χ4n) is 3.64. The molecule has 27 heavy (non-hydrogen) atoms. The first kappa shape index (κ1) is 22.5. The average molecular weight is 394 g/mol. The molecule has 0 saturated carbocycles. The summed E-state index contributed by atoms with van der Waals surface area (Å²) in [4.78, 5) is 2.21. The minimum Gasteiger partial charge on any atom is -0.487 e. The van der Waals surface area contributed by atoms with Crippen molar-refractivity contribution in [3.63, 3.8) is 0 Å². The first-order valence-corrected chi connectivity index (χ1v) is 10.6. The summed E-state index contributed by atoms with van der Waals surface area (Å²) in [7, 11) is 4.14. The lowest BCUT2D eigenvalue weighted by molar-refractivity contribution is 0.0286. The number of hydrogen-bond acceptors (Lipinski definition) is 5. The van der Waals surface area contributed by atoms with Crippen LogP contribution in [0, 0.1) is 0 Å². The van der Waals surface area contributed by atoms with E-state index in [1.165, 1.54) is 11.1 Å². The normalized spacial score (nSPS) is 23.6. The minimum atomic E-state index is 0.00691. The number of nitrogens with one attached hydrogen (secondary N) is 1. The second-order valence-electron chi connectivity index (χ2n) is 9.46. The molecule has 1 N–H and O–H groups in total. The van der Waals surface area contributed by atoms with E-state index >= 15 is 0 Å². The second kappa shape index (κ2) is 8.32. The van der Waals surface area contributed by atoms with E-state index < -0.39 is 0 Å². The quantitative estimate of drug-likeness (QED) is 0.682. The van der Waals surface area contributed by atoms with Gasteiger partial charge in [-0.1, -0.05) is 60.6 Å². The fourth-order valence-corrected chi connectivity index (χ4v) is 3.96. The number of thiol groups is 1. The van der Waals surface area contributed by atoms with Gasteiger partial charge < -0.3 is 4.74 Å². The SMILES string of the molecule is CCC(Oc1ccc(C(C)(C)CC)cc1C(C)(C)C)C1N(C)NC(S)N1C. The van der Waals surface area contributed by atoms with E-state index in [0.29, 0.717) is 0 Å². The van der Waals surface area contributed by atoms with E-state index in [1.807, 2.05) is 0 Å². The van der Waals surface area contributed by atoms with Gasteiger partial charge in [-0.3, -0.25) is 4.90 Å². The van der Waals surface area contributed by atoms with Gasteiger partial charge in [0.25, 0.3) is 0 Å². The maximum Gasteiger partial charge on any atom is 0.128 e. The summed E-state index contributed by atoms with van der Waals surface area (Å²) < 4.78 is 6.64. The zero-order valence-electron chi connectivity index (χ0n) is 18.6. The maximum absolute atomic E-state index is 6.64. The molecule has 1 aromatic rings. The van der Waals surface area contributed by atoms with Crippen molar-refractivity contribution in [1.82, 2.24) is 15.3 Å². The number of ether oxygens (including phenoxy) is 1. The van der Waals surface area contributed by atoms with Crippen LogP contribution < -0.4 is 10.2 Å². The molecule has 1 aromatic carbocycles. The molecule has 0 amide bonds. The average Bonchev–Trinajstić information content (AvgIpc) is 2.84. The van der Waals surface area contributed by atoms with Crippen molar-refractivity contribution in [3.05, 3.63) is 29.3 Å². The predicted octanol–water partition coefficient (Wildman–Crippen LogP) is 4.75. The molecule has 1 aliphatic rings. The van der Waals surface area contributed by atoms with Crippen LogP contribution in [0.2, 0.25) is 0 Å². The van der Waals surface area contributed by atoms with E-state index in [2.05, 4.69) is 109 Å². The highest BCUT2D eigenvalue weighted by Gasteiger charge is 2.39. The van der Waals surface area contributed by atoms with Gasteiger partial charge in [0.15, 0.2) is 0 Å². The summed E-state index contributed by atoms with van der Waals surface area (Å²) in [6.07, 6.45) is 2.22. The van der Waals surface area contributed by atoms with Gasteiger partial charge in [-0.25, -0.2) is 10.4 Å². The summed E-state index contributed by atoms with van der Waals surface area (Å²) in [5.41, 5.74) is 6.19. The summed E-state index contributed by atoms with van der Waals surface area (Å²) in [5.74, 6) is 0.995. The van der Waals surface area contributed by atoms with Crippen molar-refractivity contribution in [2.75, 3.05) is 14.1 Å². The molecule has 1 heterocycles. The van der Waals surface area contributed by atoms with Crippen molar-refractivity contribution in [2.24, 2.45) is 0 Å². The lowest BCUT2D eigenvalue weighted by atomic mass is 9.78. The number of benzene rings is 1. The molecule has 0 bridgehead atoms. The largest absolute Gasteiger partial charge is 0.487 e. The zero-order valence-corrected chi connectivity index (χ0v) is 19.5. The molecule has 3 unspecified atom stereocenters. The molecule has 1 fully saturated rings. The topological polar surface area (TPSA) is 27.7 Å². The number of likely N-dealkylation sites (N-methyl/N-ethyl adjacent to an activating group) is 2. The molecule has 5 heteroatoms. The van der Waals surface area contributed by atoms with Crippen LogP contribution >= 0.6 is 12.6 Å². The Morgan fingerprint density at radius 1 is 1.15 bits per heavy atom. The van der Waals surface area contributed by atoms with Crippen molar-refractivity contribution < 1.29 is 4.74 Å². The number of nitrogens with zero attached hydrogens (tertiary/aromatic N) is 2. The van der Waals surface area contributed by atoms with Gasteiger partial charge >= 0.3 is 0 Å². The van der Waals surface area contributed by atoms with Gasteiger partial charge in [0.05, 0.1) is 0 Å². The molecule has 154 valence electrons. The van der Waals surface area contributed by atoms with E-state index in [-0.39, 0.29) is 28.6 Å². The van der Waals surface area contributed by atoms with Crippen LogP contribution in [0.3, 0.4) is 0 Å². The molecule has 1 aliphatic heterocycles. The Kier molecular flexibility index (Phi) is 6.94. The monoisotopic (exact) mass is 393 g/mol.